The first-order chi connectivity index (χ1) is 14.3. The van der Waals surface area contributed by atoms with Crippen molar-refractivity contribution in [2.75, 3.05) is 14.2 Å². The molecule has 1 N–H and O–H groups in total. The van der Waals surface area contributed by atoms with Crippen LogP contribution in [0, 0.1) is 19.7 Å². The van der Waals surface area contributed by atoms with Crippen LogP contribution in [0.25, 0.3) is 5.69 Å². The molecule has 1 aromatic heterocycles. The van der Waals surface area contributed by atoms with Gasteiger partial charge in [0.15, 0.2) is 11.5 Å². The van der Waals surface area contributed by atoms with Gasteiger partial charge < -0.3 is 14.8 Å². The highest BCUT2D eigenvalue weighted by atomic mass is 35.5. The predicted molar refractivity (Wildman–Crippen MR) is 113 cm³/mol. The van der Waals surface area contributed by atoms with Crippen LogP contribution in [0.2, 0.25) is 5.15 Å². The number of hydrogen-bond donors (Lipinski definition) is 1. The van der Waals surface area contributed by atoms with E-state index in [2.05, 4.69) is 10.4 Å². The molecule has 0 radical (unpaired) electrons. The standard InChI is InChI=1S/C22H23ClFN3O3/c1-12-10-18(29-4)19(30-5)11-17(12)13(2)25-22(28)20-14(3)26-27(21(20)23)16-8-6-15(24)7-9-16/h6-11,13H,1-5H3,(H,25,28). The van der Waals surface area contributed by atoms with E-state index in [1.54, 1.807) is 33.3 Å². The van der Waals surface area contributed by atoms with Crippen molar-refractivity contribution in [2.24, 2.45) is 0 Å². The van der Waals surface area contributed by atoms with Gasteiger partial charge in [0.2, 0.25) is 0 Å². The molecule has 3 rings (SSSR count). The van der Waals surface area contributed by atoms with E-state index in [1.165, 1.54) is 16.8 Å². The van der Waals surface area contributed by atoms with Crippen molar-refractivity contribution in [3.05, 3.63) is 69.8 Å². The third-order valence-corrected chi connectivity index (χ3v) is 5.24. The summed E-state index contributed by atoms with van der Waals surface area (Å²) in [6.45, 7) is 5.51. The van der Waals surface area contributed by atoms with Gasteiger partial charge >= 0.3 is 0 Å². The van der Waals surface area contributed by atoms with E-state index in [9.17, 15) is 9.18 Å². The molecule has 0 fully saturated rings. The third kappa shape index (κ3) is 4.11. The van der Waals surface area contributed by atoms with Crippen LogP contribution in [0.15, 0.2) is 36.4 Å². The van der Waals surface area contributed by atoms with Crippen molar-refractivity contribution < 1.29 is 18.7 Å². The molecule has 1 amide bonds. The van der Waals surface area contributed by atoms with E-state index in [0.29, 0.717) is 22.9 Å². The summed E-state index contributed by atoms with van der Waals surface area (Å²) in [5.74, 6) is 0.484. The molecule has 2 aromatic carbocycles. The second-order valence-corrected chi connectivity index (χ2v) is 7.26. The number of carbonyl (C=O) groups excluding carboxylic acids is 1. The van der Waals surface area contributed by atoms with E-state index in [4.69, 9.17) is 21.1 Å². The fraction of sp³-hybridized carbons (Fsp3) is 0.273. The number of aryl methyl sites for hydroxylation is 2. The lowest BCUT2D eigenvalue weighted by Crippen LogP contribution is -2.27. The molecule has 8 heteroatoms. The summed E-state index contributed by atoms with van der Waals surface area (Å²) in [6, 6.07) is 9.10. The molecule has 1 atom stereocenters. The minimum atomic E-state index is -0.365. The Bertz CT molecular complexity index is 1080. The molecule has 0 saturated heterocycles. The minimum Gasteiger partial charge on any atom is -0.493 e. The van der Waals surface area contributed by atoms with Crippen molar-refractivity contribution in [1.82, 2.24) is 15.1 Å². The third-order valence-electron chi connectivity index (χ3n) is 4.89. The Morgan fingerprint density at radius 3 is 2.33 bits per heavy atom. The van der Waals surface area contributed by atoms with Gasteiger partial charge in [-0.1, -0.05) is 11.6 Å². The average Bonchev–Trinajstić information content (AvgIpc) is 3.02. The van der Waals surface area contributed by atoms with Crippen LogP contribution in [0.5, 0.6) is 11.5 Å². The number of rotatable bonds is 6. The predicted octanol–water partition coefficient (Wildman–Crippen LogP) is 4.79. The number of ether oxygens (including phenoxy) is 2. The Kier molecular flexibility index (Phi) is 6.31. The highest BCUT2D eigenvalue weighted by Crippen LogP contribution is 2.33. The number of nitrogens with one attached hydrogen (secondary N) is 1. The van der Waals surface area contributed by atoms with Crippen LogP contribution in [-0.4, -0.2) is 29.9 Å². The molecule has 6 nitrogen and oxygen atoms in total. The van der Waals surface area contributed by atoms with E-state index in [0.717, 1.165) is 11.1 Å². The van der Waals surface area contributed by atoms with Gasteiger partial charge in [-0.15, -0.1) is 0 Å². The number of hydrogen-bond acceptors (Lipinski definition) is 4. The van der Waals surface area contributed by atoms with Gasteiger partial charge in [0.1, 0.15) is 11.0 Å². The van der Waals surface area contributed by atoms with E-state index < -0.39 is 0 Å². The van der Waals surface area contributed by atoms with Gasteiger partial charge in [0.25, 0.3) is 5.91 Å². The summed E-state index contributed by atoms with van der Waals surface area (Å²) in [6.07, 6.45) is 0. The first kappa shape index (κ1) is 21.6. The lowest BCUT2D eigenvalue weighted by Gasteiger charge is -2.19. The number of amides is 1. The van der Waals surface area contributed by atoms with Gasteiger partial charge in [-0.3, -0.25) is 4.79 Å². The fourth-order valence-electron chi connectivity index (χ4n) is 3.32. The maximum Gasteiger partial charge on any atom is 0.256 e. The molecule has 0 saturated carbocycles. The maximum atomic E-state index is 13.2. The van der Waals surface area contributed by atoms with Crippen molar-refractivity contribution in [2.45, 2.75) is 26.8 Å². The summed E-state index contributed by atoms with van der Waals surface area (Å²) in [5.41, 5.74) is 3.14. The number of carbonyl (C=O) groups is 1. The first-order valence-corrected chi connectivity index (χ1v) is 9.69. The SMILES string of the molecule is COc1cc(C)c(C(C)NC(=O)c2c(C)nn(-c3ccc(F)cc3)c2Cl)cc1OC. The summed E-state index contributed by atoms with van der Waals surface area (Å²) >= 11 is 6.46. The van der Waals surface area contributed by atoms with Crippen molar-refractivity contribution in [3.8, 4) is 17.2 Å². The van der Waals surface area contributed by atoms with Crippen LogP contribution in [0.1, 0.15) is 40.1 Å². The van der Waals surface area contributed by atoms with Gasteiger partial charge in [-0.05, 0) is 68.3 Å². The molecular formula is C22H23ClFN3O3. The summed E-state index contributed by atoms with van der Waals surface area (Å²) in [5, 5.41) is 7.47. The normalized spacial score (nSPS) is 11.8. The molecule has 0 aliphatic carbocycles. The molecule has 1 unspecified atom stereocenters. The van der Waals surface area contributed by atoms with Crippen molar-refractivity contribution in [1.29, 1.82) is 0 Å². The zero-order chi connectivity index (χ0) is 22.0. The van der Waals surface area contributed by atoms with Crippen LogP contribution < -0.4 is 14.8 Å². The molecule has 0 aliphatic heterocycles. The smallest absolute Gasteiger partial charge is 0.256 e. The Morgan fingerprint density at radius 2 is 1.73 bits per heavy atom. The Labute approximate surface area is 179 Å². The molecule has 0 spiro atoms. The lowest BCUT2D eigenvalue weighted by molar-refractivity contribution is 0.0939. The van der Waals surface area contributed by atoms with Gasteiger partial charge in [-0.25, -0.2) is 9.07 Å². The highest BCUT2D eigenvalue weighted by Gasteiger charge is 2.23. The number of aromatic nitrogens is 2. The zero-order valence-electron chi connectivity index (χ0n) is 17.4. The molecular weight excluding hydrogens is 409 g/mol. The molecule has 158 valence electrons. The van der Waals surface area contributed by atoms with Crippen LogP contribution >= 0.6 is 11.6 Å². The van der Waals surface area contributed by atoms with E-state index in [1.807, 2.05) is 26.0 Å². The topological polar surface area (TPSA) is 65.4 Å². The van der Waals surface area contributed by atoms with Crippen LogP contribution in [0.4, 0.5) is 4.39 Å². The van der Waals surface area contributed by atoms with Crippen molar-refractivity contribution >= 4 is 17.5 Å². The number of halogens is 2. The zero-order valence-corrected chi connectivity index (χ0v) is 18.2. The van der Waals surface area contributed by atoms with Gasteiger partial charge in [0.05, 0.1) is 37.2 Å². The second-order valence-electron chi connectivity index (χ2n) is 6.90. The number of nitrogens with zero attached hydrogens (tertiary/aromatic N) is 2. The fourth-order valence-corrected chi connectivity index (χ4v) is 3.68. The highest BCUT2D eigenvalue weighted by molar-refractivity contribution is 6.33. The van der Waals surface area contributed by atoms with E-state index >= 15 is 0 Å². The van der Waals surface area contributed by atoms with Crippen LogP contribution in [-0.2, 0) is 0 Å². The molecule has 1 heterocycles. The second kappa shape index (κ2) is 8.75. The van der Waals surface area contributed by atoms with Gasteiger partial charge in [0, 0.05) is 0 Å². The summed E-state index contributed by atoms with van der Waals surface area (Å²) in [7, 11) is 3.14. The summed E-state index contributed by atoms with van der Waals surface area (Å²) < 4.78 is 25.3. The molecule has 0 bridgehead atoms. The largest absolute Gasteiger partial charge is 0.493 e. The maximum absolute atomic E-state index is 13.2. The Hall–Kier alpha value is -3.06. The van der Waals surface area contributed by atoms with Gasteiger partial charge in [-0.2, -0.15) is 5.10 Å². The lowest BCUT2D eigenvalue weighted by atomic mass is 10.0. The Morgan fingerprint density at radius 1 is 1.13 bits per heavy atom. The Balaban J connectivity index is 1.89. The minimum absolute atomic E-state index is 0.160. The van der Waals surface area contributed by atoms with Crippen molar-refractivity contribution in [3.63, 3.8) is 0 Å². The quantitative estimate of drug-likeness (QED) is 0.609. The average molecular weight is 432 g/mol. The molecule has 3 aromatic rings. The molecule has 30 heavy (non-hydrogen) atoms. The number of benzene rings is 2. The number of methoxy groups -OCH3 is 2. The first-order valence-electron chi connectivity index (χ1n) is 9.31. The van der Waals surface area contributed by atoms with Crippen LogP contribution in [0.3, 0.4) is 0 Å². The molecule has 0 aliphatic rings. The monoisotopic (exact) mass is 431 g/mol. The summed E-state index contributed by atoms with van der Waals surface area (Å²) in [4.78, 5) is 13.0. The van der Waals surface area contributed by atoms with E-state index in [-0.39, 0.29) is 28.5 Å².